The van der Waals surface area contributed by atoms with Gasteiger partial charge in [-0.05, 0) is 38.2 Å². The molecule has 0 spiro atoms. The third-order valence-corrected chi connectivity index (χ3v) is 4.60. The number of fused-ring (bicyclic) bond motifs is 1. The average Bonchev–Trinajstić information content (AvgIpc) is 3.03. The number of hydrogen-bond donors (Lipinski definition) is 2. The van der Waals surface area contributed by atoms with Crippen LogP contribution in [0.15, 0.2) is 6.20 Å². The fourth-order valence-corrected chi connectivity index (χ4v) is 3.18. The molecule has 0 aliphatic carbocycles. The first-order valence-electron chi connectivity index (χ1n) is 9.16. The minimum Gasteiger partial charge on any atom is -0.467 e. The molecule has 1 unspecified atom stereocenters. The van der Waals surface area contributed by atoms with E-state index in [0.29, 0.717) is 24.2 Å². The third kappa shape index (κ3) is 4.65. The molecule has 0 saturated carbocycles. The van der Waals surface area contributed by atoms with Crippen molar-refractivity contribution < 1.29 is 19.1 Å². The standard InChI is InChI=1S/C19H27N5O4/c1-10(2)8-15(19(27)28-5)23-16(25)7-6-13-11(3)22-18-14(17(20)26)9-21-24(18)12(13)4/h9-10,15H,6-8H2,1-5H3,(H2,20,26)(H,23,25). The predicted octanol–water partition coefficient (Wildman–Crippen LogP) is 1.08. The number of carbonyl (C=O) groups excluding carboxylic acids is 3. The molecule has 152 valence electrons. The number of nitrogens with one attached hydrogen (secondary N) is 1. The van der Waals surface area contributed by atoms with E-state index >= 15 is 0 Å². The van der Waals surface area contributed by atoms with Gasteiger partial charge in [0.15, 0.2) is 5.65 Å². The summed E-state index contributed by atoms with van der Waals surface area (Å²) in [5.41, 5.74) is 8.36. The molecule has 0 saturated heterocycles. The van der Waals surface area contributed by atoms with Gasteiger partial charge in [-0.3, -0.25) is 9.59 Å². The van der Waals surface area contributed by atoms with E-state index in [0.717, 1.165) is 11.3 Å². The molecule has 0 bridgehead atoms. The van der Waals surface area contributed by atoms with Crippen molar-refractivity contribution >= 4 is 23.4 Å². The van der Waals surface area contributed by atoms with Crippen molar-refractivity contribution in [3.05, 3.63) is 28.7 Å². The minimum atomic E-state index is -0.662. The first-order valence-corrected chi connectivity index (χ1v) is 9.16. The number of esters is 1. The Kier molecular flexibility index (Phi) is 6.71. The van der Waals surface area contributed by atoms with Crippen molar-refractivity contribution in [2.75, 3.05) is 7.11 Å². The summed E-state index contributed by atoms with van der Waals surface area (Å²) in [5, 5.41) is 6.92. The monoisotopic (exact) mass is 389 g/mol. The highest BCUT2D eigenvalue weighted by molar-refractivity contribution is 5.98. The molecule has 0 aliphatic rings. The molecule has 0 aromatic carbocycles. The van der Waals surface area contributed by atoms with Crippen LogP contribution in [0.25, 0.3) is 5.65 Å². The number of ether oxygens (including phenoxy) is 1. The van der Waals surface area contributed by atoms with Crippen molar-refractivity contribution in [2.45, 2.75) is 53.0 Å². The maximum Gasteiger partial charge on any atom is 0.328 e. The third-order valence-electron chi connectivity index (χ3n) is 4.60. The molecule has 28 heavy (non-hydrogen) atoms. The summed E-state index contributed by atoms with van der Waals surface area (Å²) >= 11 is 0. The van der Waals surface area contributed by atoms with E-state index in [1.807, 2.05) is 27.7 Å². The van der Waals surface area contributed by atoms with E-state index < -0.39 is 17.9 Å². The van der Waals surface area contributed by atoms with Gasteiger partial charge >= 0.3 is 5.97 Å². The highest BCUT2D eigenvalue weighted by atomic mass is 16.5. The van der Waals surface area contributed by atoms with Crippen molar-refractivity contribution in [3.63, 3.8) is 0 Å². The summed E-state index contributed by atoms with van der Waals surface area (Å²) in [6.07, 6.45) is 2.51. The molecule has 2 aromatic heterocycles. The molecule has 0 aliphatic heterocycles. The molecule has 0 fully saturated rings. The van der Waals surface area contributed by atoms with Gasteiger partial charge in [-0.15, -0.1) is 0 Å². The van der Waals surface area contributed by atoms with Gasteiger partial charge in [-0.1, -0.05) is 13.8 Å². The van der Waals surface area contributed by atoms with E-state index in [-0.39, 0.29) is 23.8 Å². The van der Waals surface area contributed by atoms with E-state index in [1.165, 1.54) is 13.3 Å². The quantitative estimate of drug-likeness (QED) is 0.650. The van der Waals surface area contributed by atoms with Crippen molar-refractivity contribution in [2.24, 2.45) is 11.7 Å². The Morgan fingerprint density at radius 3 is 2.54 bits per heavy atom. The van der Waals surface area contributed by atoms with Crippen LogP contribution in [0.1, 0.15) is 54.0 Å². The van der Waals surface area contributed by atoms with Gasteiger partial charge in [-0.2, -0.15) is 5.10 Å². The average molecular weight is 389 g/mol. The number of hydrogen-bond acceptors (Lipinski definition) is 6. The number of nitrogens with zero attached hydrogens (tertiary/aromatic N) is 3. The van der Waals surface area contributed by atoms with E-state index in [2.05, 4.69) is 15.4 Å². The molecule has 2 rings (SSSR count). The van der Waals surface area contributed by atoms with Gasteiger partial charge in [-0.25, -0.2) is 14.3 Å². The highest BCUT2D eigenvalue weighted by Gasteiger charge is 2.23. The first kappa shape index (κ1) is 21.3. The number of aromatic nitrogens is 3. The highest BCUT2D eigenvalue weighted by Crippen LogP contribution is 2.18. The van der Waals surface area contributed by atoms with E-state index in [1.54, 1.807) is 4.52 Å². The van der Waals surface area contributed by atoms with Crippen LogP contribution >= 0.6 is 0 Å². The SMILES string of the molecule is COC(=O)C(CC(C)C)NC(=O)CCc1c(C)nc2c(C(N)=O)cnn2c1C. The number of aryl methyl sites for hydroxylation is 2. The van der Waals surface area contributed by atoms with Crippen LogP contribution in [0.5, 0.6) is 0 Å². The molecule has 9 heteroatoms. The van der Waals surface area contributed by atoms with Crippen LogP contribution in [-0.4, -0.2) is 45.5 Å². The van der Waals surface area contributed by atoms with Gasteiger partial charge in [0.25, 0.3) is 5.91 Å². The number of primary amides is 1. The van der Waals surface area contributed by atoms with Crippen molar-refractivity contribution in [1.82, 2.24) is 19.9 Å². The van der Waals surface area contributed by atoms with Crippen LogP contribution in [-0.2, 0) is 20.7 Å². The Bertz CT molecular complexity index is 903. The molecule has 2 aromatic rings. The van der Waals surface area contributed by atoms with Crippen LogP contribution in [0, 0.1) is 19.8 Å². The number of methoxy groups -OCH3 is 1. The summed E-state index contributed by atoms with van der Waals surface area (Å²) in [5.74, 6) is -1.05. The number of carbonyl (C=O) groups is 3. The molecule has 9 nitrogen and oxygen atoms in total. The van der Waals surface area contributed by atoms with E-state index in [9.17, 15) is 14.4 Å². The van der Waals surface area contributed by atoms with Crippen LogP contribution in [0.4, 0.5) is 0 Å². The predicted molar refractivity (Wildman–Crippen MR) is 103 cm³/mol. The zero-order valence-electron chi connectivity index (χ0n) is 16.9. The molecule has 3 N–H and O–H groups in total. The molecule has 1 atom stereocenters. The lowest BCUT2D eigenvalue weighted by Crippen LogP contribution is -2.42. The molecular weight excluding hydrogens is 362 g/mol. The van der Waals surface area contributed by atoms with Crippen molar-refractivity contribution in [3.8, 4) is 0 Å². The van der Waals surface area contributed by atoms with E-state index in [4.69, 9.17) is 10.5 Å². The summed E-state index contributed by atoms with van der Waals surface area (Å²) in [4.78, 5) is 40.2. The number of rotatable bonds is 8. The Morgan fingerprint density at radius 2 is 1.96 bits per heavy atom. The second-order valence-electron chi connectivity index (χ2n) is 7.19. The summed E-state index contributed by atoms with van der Waals surface area (Å²) in [6.45, 7) is 7.61. The summed E-state index contributed by atoms with van der Waals surface area (Å²) < 4.78 is 6.32. The second kappa shape index (κ2) is 8.81. The fraction of sp³-hybridized carbons (Fsp3) is 0.526. The molecule has 0 radical (unpaired) electrons. The largest absolute Gasteiger partial charge is 0.467 e. The van der Waals surface area contributed by atoms with Gasteiger partial charge in [0.2, 0.25) is 5.91 Å². The lowest BCUT2D eigenvalue weighted by Gasteiger charge is -2.18. The van der Waals surface area contributed by atoms with Gasteiger partial charge in [0, 0.05) is 17.8 Å². The van der Waals surface area contributed by atoms with Crippen LogP contribution < -0.4 is 11.1 Å². The maximum atomic E-state index is 12.4. The maximum absolute atomic E-state index is 12.4. The van der Waals surface area contributed by atoms with Gasteiger partial charge in [0.1, 0.15) is 11.6 Å². The topological polar surface area (TPSA) is 129 Å². The fourth-order valence-electron chi connectivity index (χ4n) is 3.18. The normalized spacial score (nSPS) is 12.2. The molecule has 2 amide bonds. The zero-order chi connectivity index (χ0) is 21.0. The van der Waals surface area contributed by atoms with Gasteiger partial charge < -0.3 is 15.8 Å². The lowest BCUT2D eigenvalue weighted by atomic mass is 10.0. The summed E-state index contributed by atoms with van der Waals surface area (Å²) in [7, 11) is 1.31. The zero-order valence-corrected chi connectivity index (χ0v) is 16.9. The lowest BCUT2D eigenvalue weighted by molar-refractivity contribution is -0.145. The number of nitrogens with two attached hydrogens (primary N) is 1. The first-order chi connectivity index (χ1) is 13.1. The Hall–Kier alpha value is -2.97. The van der Waals surface area contributed by atoms with Gasteiger partial charge in [0.05, 0.1) is 13.3 Å². The Morgan fingerprint density at radius 1 is 1.29 bits per heavy atom. The second-order valence-corrected chi connectivity index (χ2v) is 7.19. The minimum absolute atomic E-state index is 0.185. The molecule has 2 heterocycles. The van der Waals surface area contributed by atoms with Crippen molar-refractivity contribution in [1.29, 1.82) is 0 Å². The Labute approximate surface area is 163 Å². The number of amides is 2. The van der Waals surface area contributed by atoms with Crippen LogP contribution in [0.2, 0.25) is 0 Å². The van der Waals surface area contributed by atoms with Crippen LogP contribution in [0.3, 0.4) is 0 Å². The Balaban J connectivity index is 2.15. The smallest absolute Gasteiger partial charge is 0.328 e. The molecular formula is C19H27N5O4. The summed E-state index contributed by atoms with van der Waals surface area (Å²) in [6, 6.07) is -0.662.